The first-order valence-electron chi connectivity index (χ1n) is 6.35. The lowest BCUT2D eigenvalue weighted by Gasteiger charge is -2.38. The minimum atomic E-state index is -6.22. The van der Waals surface area contributed by atoms with Crippen molar-refractivity contribution in [1.29, 1.82) is 0 Å². The van der Waals surface area contributed by atoms with Crippen molar-refractivity contribution < 1.29 is 43.9 Å². The Morgan fingerprint density at radius 2 is 0.680 bits per heavy atom. The summed E-state index contributed by atoms with van der Waals surface area (Å²) >= 11 is 0. The van der Waals surface area contributed by atoms with Crippen molar-refractivity contribution >= 4 is 0 Å². The number of halogens is 10. The van der Waals surface area contributed by atoms with Crippen molar-refractivity contribution in [2.24, 2.45) is 0 Å². The summed E-state index contributed by atoms with van der Waals surface area (Å²) in [5.74, 6) is -6.87. The molecule has 0 spiro atoms. The minimum Gasteiger partial charge on any atom is -0.207 e. The van der Waals surface area contributed by atoms with E-state index in [4.69, 9.17) is 0 Å². The topological polar surface area (TPSA) is 0 Å². The highest BCUT2D eigenvalue weighted by Crippen LogP contribution is 2.56. The zero-order valence-electron chi connectivity index (χ0n) is 11.7. The summed E-state index contributed by atoms with van der Waals surface area (Å²) in [7, 11) is 0. The van der Waals surface area contributed by atoms with Crippen LogP contribution in [0.2, 0.25) is 0 Å². The van der Waals surface area contributed by atoms with Gasteiger partial charge in [-0.3, -0.25) is 0 Å². The van der Waals surface area contributed by atoms with Crippen LogP contribution >= 0.6 is 0 Å². The van der Waals surface area contributed by atoms with Gasteiger partial charge < -0.3 is 0 Å². The maximum absolute atomic E-state index is 13.6. The van der Waals surface area contributed by atoms with Crippen LogP contribution in [0.1, 0.15) is 11.1 Å². The van der Waals surface area contributed by atoms with E-state index in [1.54, 1.807) is 0 Å². The number of hydrogen-bond acceptors (Lipinski definition) is 0. The van der Waals surface area contributed by atoms with Crippen LogP contribution in [0.5, 0.6) is 0 Å². The van der Waals surface area contributed by atoms with Gasteiger partial charge in [0, 0.05) is 12.1 Å². The van der Waals surface area contributed by atoms with Gasteiger partial charge in [-0.1, -0.05) is 0 Å². The lowest BCUT2D eigenvalue weighted by atomic mass is 9.72. The van der Waals surface area contributed by atoms with E-state index in [1.165, 1.54) is 0 Å². The molecule has 0 N–H and O–H groups in total. The molecule has 0 amide bonds. The molecule has 0 radical (unpaired) electrons. The second-order valence-electron chi connectivity index (χ2n) is 5.06. The maximum atomic E-state index is 13.6. The largest absolute Gasteiger partial charge is 0.411 e. The maximum Gasteiger partial charge on any atom is 0.411 e. The Kier molecular flexibility index (Phi) is 4.52. The normalized spacial score (nSPS) is 13.2. The third kappa shape index (κ3) is 3.16. The Morgan fingerprint density at radius 3 is 0.880 bits per heavy atom. The zero-order valence-corrected chi connectivity index (χ0v) is 11.7. The van der Waals surface area contributed by atoms with Gasteiger partial charge in [0.2, 0.25) is 5.41 Å². The van der Waals surface area contributed by atoms with E-state index in [0.717, 1.165) is 0 Å². The molecule has 0 saturated heterocycles. The Morgan fingerprint density at radius 1 is 0.440 bits per heavy atom. The molecule has 0 unspecified atom stereocenters. The van der Waals surface area contributed by atoms with Crippen LogP contribution in [0.25, 0.3) is 0 Å². The molecule has 2 aromatic carbocycles. The van der Waals surface area contributed by atoms with Gasteiger partial charge in [0.15, 0.2) is 0 Å². The molecule has 0 saturated carbocycles. The zero-order chi connectivity index (χ0) is 19.2. The van der Waals surface area contributed by atoms with E-state index < -0.39 is 52.2 Å². The molecule has 25 heavy (non-hydrogen) atoms. The van der Waals surface area contributed by atoms with Gasteiger partial charge >= 0.3 is 12.4 Å². The molecule has 0 aliphatic heterocycles. The lowest BCUT2D eigenvalue weighted by molar-refractivity contribution is -0.288. The predicted molar refractivity (Wildman–Crippen MR) is 65.6 cm³/mol. The SMILES string of the molecule is Fc1cc(F)cc(C(c2cc(F)cc(F)c2)(C(F)(F)F)C(F)(F)F)c1. The Hall–Kier alpha value is -2.26. The van der Waals surface area contributed by atoms with Crippen LogP contribution in [0.4, 0.5) is 43.9 Å². The third-order valence-electron chi connectivity index (χ3n) is 3.44. The lowest BCUT2D eigenvalue weighted by Crippen LogP contribution is -2.55. The number of benzene rings is 2. The van der Waals surface area contributed by atoms with Gasteiger partial charge in [0.25, 0.3) is 0 Å². The fourth-order valence-electron chi connectivity index (χ4n) is 2.52. The van der Waals surface area contributed by atoms with Gasteiger partial charge in [-0.2, -0.15) is 26.3 Å². The van der Waals surface area contributed by atoms with Crippen LogP contribution in [0, 0.1) is 23.3 Å². The molecule has 0 aromatic heterocycles. The summed E-state index contributed by atoms with van der Waals surface area (Å²) < 4.78 is 135. The molecule has 0 aliphatic rings. The summed E-state index contributed by atoms with van der Waals surface area (Å²) in [5.41, 5.74) is -8.82. The van der Waals surface area contributed by atoms with Crippen LogP contribution < -0.4 is 0 Å². The number of rotatable bonds is 2. The summed E-state index contributed by atoms with van der Waals surface area (Å²) in [6, 6.07) is -0.625. The van der Waals surface area contributed by atoms with Crippen molar-refractivity contribution in [3.05, 3.63) is 70.8 Å². The molecule has 2 rings (SSSR count). The van der Waals surface area contributed by atoms with Crippen LogP contribution in [0.15, 0.2) is 36.4 Å². The molecule has 0 atom stereocenters. The Labute approximate surface area is 133 Å². The molecule has 0 fully saturated rings. The van der Waals surface area contributed by atoms with E-state index >= 15 is 0 Å². The van der Waals surface area contributed by atoms with E-state index in [2.05, 4.69) is 0 Å². The van der Waals surface area contributed by atoms with E-state index in [9.17, 15) is 43.9 Å². The van der Waals surface area contributed by atoms with Crippen molar-refractivity contribution in [1.82, 2.24) is 0 Å². The predicted octanol–water partition coefficient (Wildman–Crippen LogP) is 5.65. The first kappa shape index (κ1) is 19.1. The first-order chi connectivity index (χ1) is 11.3. The van der Waals surface area contributed by atoms with Crippen molar-refractivity contribution in [2.45, 2.75) is 17.8 Å². The Bertz CT molecular complexity index is 680. The smallest absolute Gasteiger partial charge is 0.207 e. The molecule has 136 valence electrons. The monoisotopic (exact) mass is 376 g/mol. The van der Waals surface area contributed by atoms with Gasteiger partial charge in [-0.05, 0) is 35.4 Å². The molecule has 0 aliphatic carbocycles. The van der Waals surface area contributed by atoms with Gasteiger partial charge in [-0.25, -0.2) is 17.6 Å². The standard InChI is InChI=1S/C15H6F10/c16-9-1-7(2-10(17)5-9)13(14(20,21)22,15(23,24)25)8-3-11(18)6-12(19)4-8/h1-6H. The second-order valence-corrected chi connectivity index (χ2v) is 5.06. The molecule has 2 aromatic rings. The Balaban J connectivity index is 3.02. The van der Waals surface area contributed by atoms with Crippen LogP contribution in [0.3, 0.4) is 0 Å². The average Bonchev–Trinajstić information content (AvgIpc) is 2.32. The molecule has 10 heteroatoms. The van der Waals surface area contributed by atoms with Gasteiger partial charge in [0.1, 0.15) is 23.3 Å². The fraction of sp³-hybridized carbons (Fsp3) is 0.200. The quantitative estimate of drug-likeness (QED) is 0.594. The highest BCUT2D eigenvalue weighted by molar-refractivity contribution is 5.44. The highest BCUT2D eigenvalue weighted by atomic mass is 19.4. The molecule has 0 bridgehead atoms. The molecular formula is C15H6F10. The number of hydrogen-bond donors (Lipinski definition) is 0. The minimum absolute atomic E-state index is 0.0627. The fourth-order valence-corrected chi connectivity index (χ4v) is 2.52. The third-order valence-corrected chi connectivity index (χ3v) is 3.44. The molecule has 0 nitrogen and oxygen atoms in total. The van der Waals surface area contributed by atoms with E-state index in [0.29, 0.717) is 0 Å². The van der Waals surface area contributed by atoms with Crippen LogP contribution in [-0.2, 0) is 5.41 Å². The number of alkyl halides is 6. The van der Waals surface area contributed by atoms with E-state index in [-0.39, 0.29) is 36.4 Å². The summed E-state index contributed by atoms with van der Waals surface area (Å²) in [5, 5.41) is 0. The van der Waals surface area contributed by atoms with Crippen LogP contribution in [-0.4, -0.2) is 12.4 Å². The first-order valence-corrected chi connectivity index (χ1v) is 6.35. The summed E-state index contributed by atoms with van der Waals surface area (Å²) in [4.78, 5) is 0. The van der Waals surface area contributed by atoms with Crippen molar-refractivity contribution in [3.63, 3.8) is 0 Å². The van der Waals surface area contributed by atoms with Gasteiger partial charge in [-0.15, -0.1) is 0 Å². The van der Waals surface area contributed by atoms with E-state index in [1.807, 2.05) is 0 Å². The average molecular weight is 376 g/mol. The molecule has 0 heterocycles. The van der Waals surface area contributed by atoms with Gasteiger partial charge in [0.05, 0.1) is 0 Å². The van der Waals surface area contributed by atoms with Crippen molar-refractivity contribution in [3.8, 4) is 0 Å². The summed E-state index contributed by atoms with van der Waals surface area (Å²) in [6.45, 7) is 0. The second kappa shape index (κ2) is 5.92. The van der Waals surface area contributed by atoms with Crippen molar-refractivity contribution in [2.75, 3.05) is 0 Å². The summed E-state index contributed by atoms with van der Waals surface area (Å²) in [6.07, 6.45) is -12.4. The highest BCUT2D eigenvalue weighted by Gasteiger charge is 2.72. The molecular weight excluding hydrogens is 370 g/mol.